The van der Waals surface area contributed by atoms with Gasteiger partial charge < -0.3 is 15.5 Å². The summed E-state index contributed by atoms with van der Waals surface area (Å²) in [6, 6.07) is 9.82. The van der Waals surface area contributed by atoms with E-state index in [1.807, 2.05) is 24.3 Å². The largest absolute Gasteiger partial charge is 0.412 e. The summed E-state index contributed by atoms with van der Waals surface area (Å²) < 4.78 is 0.745. The predicted molar refractivity (Wildman–Crippen MR) is 105 cm³/mol. The van der Waals surface area contributed by atoms with E-state index < -0.39 is 6.04 Å². The maximum absolute atomic E-state index is 12.4. The second kappa shape index (κ2) is 9.39. The lowest BCUT2D eigenvalue weighted by atomic mass is 9.91. The van der Waals surface area contributed by atoms with Crippen LogP contribution in [0.5, 0.6) is 0 Å². The van der Waals surface area contributed by atoms with Crippen LogP contribution in [-0.4, -0.2) is 29.5 Å². The summed E-state index contributed by atoms with van der Waals surface area (Å²) in [7, 11) is 0. The molecule has 1 aliphatic heterocycles. The number of nitrogens with one attached hydrogen (secondary N) is 3. The van der Waals surface area contributed by atoms with E-state index in [4.69, 9.17) is 4.84 Å². The first-order valence-corrected chi connectivity index (χ1v) is 9.89. The zero-order chi connectivity index (χ0) is 17.4. The lowest BCUT2D eigenvalue weighted by Gasteiger charge is -2.32. The molecule has 3 N–H and O–H groups in total. The molecule has 2 atom stereocenters. The molecule has 0 saturated heterocycles. The SMILES string of the molecule is CCCCNC(C)(CNC(=O)C1C=C(CI)ON1)c1ccccc1. The van der Waals surface area contributed by atoms with Crippen molar-refractivity contribution in [1.82, 2.24) is 16.1 Å². The van der Waals surface area contributed by atoms with Gasteiger partial charge in [-0.1, -0.05) is 66.3 Å². The summed E-state index contributed by atoms with van der Waals surface area (Å²) >= 11 is 2.21. The molecule has 1 aromatic carbocycles. The van der Waals surface area contributed by atoms with Crippen molar-refractivity contribution < 1.29 is 9.63 Å². The van der Waals surface area contributed by atoms with Gasteiger partial charge in [0.25, 0.3) is 0 Å². The number of halogens is 1. The van der Waals surface area contributed by atoms with Gasteiger partial charge in [0.15, 0.2) is 0 Å². The molecule has 0 bridgehead atoms. The zero-order valence-corrected chi connectivity index (χ0v) is 16.4. The number of hydrogen-bond donors (Lipinski definition) is 3. The van der Waals surface area contributed by atoms with E-state index in [1.165, 1.54) is 5.56 Å². The third kappa shape index (κ3) is 5.19. The van der Waals surface area contributed by atoms with Crippen LogP contribution in [0.4, 0.5) is 0 Å². The minimum Gasteiger partial charge on any atom is -0.412 e. The van der Waals surface area contributed by atoms with E-state index in [0.717, 1.165) is 29.6 Å². The Morgan fingerprint density at radius 3 is 2.75 bits per heavy atom. The lowest BCUT2D eigenvalue weighted by molar-refractivity contribution is -0.123. The van der Waals surface area contributed by atoms with Crippen molar-refractivity contribution in [3.05, 3.63) is 47.7 Å². The Labute approximate surface area is 157 Å². The maximum atomic E-state index is 12.4. The van der Waals surface area contributed by atoms with E-state index in [1.54, 1.807) is 0 Å². The van der Waals surface area contributed by atoms with Crippen molar-refractivity contribution in [2.75, 3.05) is 17.5 Å². The van der Waals surface area contributed by atoms with E-state index in [-0.39, 0.29) is 11.4 Å². The van der Waals surface area contributed by atoms with Gasteiger partial charge in [0, 0.05) is 6.54 Å². The summed E-state index contributed by atoms with van der Waals surface area (Å²) in [6.45, 7) is 5.74. The highest BCUT2D eigenvalue weighted by Crippen LogP contribution is 2.20. The monoisotopic (exact) mass is 443 g/mol. The molecule has 132 valence electrons. The molecule has 6 heteroatoms. The number of amides is 1. The van der Waals surface area contributed by atoms with E-state index in [0.29, 0.717) is 6.54 Å². The Bertz CT molecular complexity index is 565. The van der Waals surface area contributed by atoms with Gasteiger partial charge in [-0.05, 0) is 31.5 Å². The molecule has 0 saturated carbocycles. The third-order valence-corrected chi connectivity index (χ3v) is 4.91. The highest BCUT2D eigenvalue weighted by atomic mass is 127. The second-order valence-corrected chi connectivity index (χ2v) is 6.92. The summed E-state index contributed by atoms with van der Waals surface area (Å²) in [5, 5.41) is 6.64. The normalized spacial score (nSPS) is 19.3. The van der Waals surface area contributed by atoms with Crippen molar-refractivity contribution in [3.8, 4) is 0 Å². The van der Waals surface area contributed by atoms with Gasteiger partial charge in [0.1, 0.15) is 11.8 Å². The molecule has 0 radical (unpaired) electrons. The fourth-order valence-electron chi connectivity index (χ4n) is 2.58. The van der Waals surface area contributed by atoms with Crippen molar-refractivity contribution in [2.45, 2.75) is 38.3 Å². The van der Waals surface area contributed by atoms with E-state index in [9.17, 15) is 4.79 Å². The molecule has 2 unspecified atom stereocenters. The lowest BCUT2D eigenvalue weighted by Crippen LogP contribution is -2.51. The molecule has 0 spiro atoms. The van der Waals surface area contributed by atoms with Crippen LogP contribution in [0.3, 0.4) is 0 Å². The van der Waals surface area contributed by atoms with Gasteiger partial charge in [-0.3, -0.25) is 4.79 Å². The molecule has 5 nitrogen and oxygen atoms in total. The van der Waals surface area contributed by atoms with Gasteiger partial charge in [-0.2, -0.15) is 0 Å². The van der Waals surface area contributed by atoms with Gasteiger partial charge in [0.2, 0.25) is 5.91 Å². The van der Waals surface area contributed by atoms with Gasteiger partial charge in [-0.15, -0.1) is 5.48 Å². The average Bonchev–Trinajstić information content (AvgIpc) is 3.10. The van der Waals surface area contributed by atoms with Crippen LogP contribution in [0.1, 0.15) is 32.3 Å². The first-order valence-electron chi connectivity index (χ1n) is 8.36. The molecule has 0 aromatic heterocycles. The van der Waals surface area contributed by atoms with E-state index >= 15 is 0 Å². The molecule has 2 rings (SSSR count). The average molecular weight is 443 g/mol. The van der Waals surface area contributed by atoms with Crippen LogP contribution in [0.15, 0.2) is 42.2 Å². The minimum absolute atomic E-state index is 0.0747. The number of rotatable bonds is 9. The highest BCUT2D eigenvalue weighted by Gasteiger charge is 2.29. The van der Waals surface area contributed by atoms with Crippen LogP contribution in [-0.2, 0) is 15.2 Å². The number of hydroxylamine groups is 1. The smallest absolute Gasteiger partial charge is 0.244 e. The summed E-state index contributed by atoms with van der Waals surface area (Å²) in [5.41, 5.74) is 3.62. The maximum Gasteiger partial charge on any atom is 0.244 e. The van der Waals surface area contributed by atoms with Gasteiger partial charge >= 0.3 is 0 Å². The fourth-order valence-corrected chi connectivity index (χ4v) is 2.99. The Morgan fingerprint density at radius 2 is 2.12 bits per heavy atom. The molecule has 0 aliphatic carbocycles. The molecule has 1 amide bonds. The zero-order valence-electron chi connectivity index (χ0n) is 14.3. The Kier molecular flexibility index (Phi) is 7.51. The molecule has 0 fully saturated rings. The number of carbonyl (C=O) groups is 1. The van der Waals surface area contributed by atoms with Crippen LogP contribution < -0.4 is 16.1 Å². The van der Waals surface area contributed by atoms with Crippen molar-refractivity contribution in [1.29, 1.82) is 0 Å². The van der Waals surface area contributed by atoms with Crippen molar-refractivity contribution in [3.63, 3.8) is 0 Å². The first kappa shape index (κ1) is 19.2. The summed E-state index contributed by atoms with van der Waals surface area (Å²) in [4.78, 5) is 17.6. The minimum atomic E-state index is -0.426. The van der Waals surface area contributed by atoms with Crippen LogP contribution in [0.25, 0.3) is 0 Å². The molecule has 1 heterocycles. The third-order valence-electron chi connectivity index (χ3n) is 4.16. The van der Waals surface area contributed by atoms with E-state index in [2.05, 4.69) is 64.7 Å². The number of hydrogen-bond acceptors (Lipinski definition) is 4. The Morgan fingerprint density at radius 1 is 1.38 bits per heavy atom. The molecular weight excluding hydrogens is 417 g/mol. The standard InChI is InChI=1S/C18H26IN3O2/c1-3-4-10-21-18(2,14-8-6-5-7-9-14)13-20-17(23)16-11-15(12-19)24-22-16/h5-9,11,16,21-22H,3-4,10,12-13H2,1-2H3,(H,20,23). The summed E-state index contributed by atoms with van der Waals surface area (Å²) in [6.07, 6.45) is 4.07. The molecular formula is C18H26IN3O2. The van der Waals surface area contributed by atoms with Crippen LogP contribution in [0.2, 0.25) is 0 Å². The van der Waals surface area contributed by atoms with Gasteiger partial charge in [-0.25, -0.2) is 0 Å². The van der Waals surface area contributed by atoms with Crippen molar-refractivity contribution in [2.24, 2.45) is 0 Å². The fraction of sp³-hybridized carbons (Fsp3) is 0.500. The Balaban J connectivity index is 2.00. The van der Waals surface area contributed by atoms with Gasteiger partial charge in [0.05, 0.1) is 9.97 Å². The predicted octanol–water partition coefficient (Wildman–Crippen LogP) is 2.63. The highest BCUT2D eigenvalue weighted by molar-refractivity contribution is 14.1. The first-order chi connectivity index (χ1) is 11.6. The quantitative estimate of drug-likeness (QED) is 0.312. The summed E-state index contributed by atoms with van der Waals surface area (Å²) in [5.74, 6) is 0.719. The molecule has 1 aliphatic rings. The van der Waals surface area contributed by atoms with Crippen LogP contribution >= 0.6 is 22.6 Å². The number of carbonyl (C=O) groups excluding carboxylic acids is 1. The Hall–Kier alpha value is -1.12. The molecule has 24 heavy (non-hydrogen) atoms. The number of unbranched alkanes of at least 4 members (excludes halogenated alkanes) is 1. The topological polar surface area (TPSA) is 62.4 Å². The number of alkyl halides is 1. The van der Waals surface area contributed by atoms with Crippen LogP contribution in [0, 0.1) is 0 Å². The van der Waals surface area contributed by atoms with Crippen molar-refractivity contribution >= 4 is 28.5 Å². The molecule has 1 aromatic rings. The number of benzene rings is 1. The number of allylic oxidation sites excluding steroid dienone is 1. The second-order valence-electron chi connectivity index (χ2n) is 6.16.